The fourth-order valence-electron chi connectivity index (χ4n) is 2.80. The summed E-state index contributed by atoms with van der Waals surface area (Å²) in [7, 11) is 0. The van der Waals surface area contributed by atoms with Gasteiger partial charge in [0.2, 0.25) is 5.91 Å². The Balaban J connectivity index is 1.58. The lowest BCUT2D eigenvalue weighted by molar-refractivity contribution is 0.0999. The molecule has 7 heteroatoms. The highest BCUT2D eigenvalue weighted by Gasteiger charge is 2.21. The zero-order valence-electron chi connectivity index (χ0n) is 13.5. The average Bonchev–Trinajstić information content (AvgIpc) is 3.09. The van der Waals surface area contributed by atoms with Gasteiger partial charge in [0, 0.05) is 37.4 Å². The molecule has 1 aliphatic heterocycles. The van der Waals surface area contributed by atoms with Crippen molar-refractivity contribution in [3.63, 3.8) is 0 Å². The van der Waals surface area contributed by atoms with E-state index in [0.29, 0.717) is 24.3 Å². The minimum Gasteiger partial charge on any atom is -0.366 e. The Labute approximate surface area is 144 Å². The van der Waals surface area contributed by atoms with Crippen LogP contribution in [0.25, 0.3) is 0 Å². The fourth-order valence-corrected chi connectivity index (χ4v) is 3.59. The molecular weight excluding hydrogens is 324 g/mol. The van der Waals surface area contributed by atoms with E-state index in [2.05, 4.69) is 21.7 Å². The molecular formula is C17H20N4O2S. The smallest absolute Gasteiger partial charge is 0.321 e. The molecule has 0 spiro atoms. The zero-order chi connectivity index (χ0) is 17.1. The summed E-state index contributed by atoms with van der Waals surface area (Å²) in [6.45, 7) is 4.82. The summed E-state index contributed by atoms with van der Waals surface area (Å²) >= 11 is 1.72. The molecule has 1 fully saturated rings. The molecule has 0 saturated carbocycles. The second-order valence-electron chi connectivity index (χ2n) is 5.75. The summed E-state index contributed by atoms with van der Waals surface area (Å²) in [4.78, 5) is 27.8. The number of urea groups is 1. The zero-order valence-corrected chi connectivity index (χ0v) is 14.3. The van der Waals surface area contributed by atoms with Crippen LogP contribution in [0.15, 0.2) is 35.7 Å². The van der Waals surface area contributed by atoms with Crippen molar-refractivity contribution in [3.8, 4) is 0 Å². The van der Waals surface area contributed by atoms with Gasteiger partial charge in [0.05, 0.1) is 5.00 Å². The molecule has 1 aliphatic rings. The molecule has 1 saturated heterocycles. The first-order chi connectivity index (χ1) is 11.5. The second-order valence-corrected chi connectivity index (χ2v) is 6.68. The molecule has 126 valence electrons. The normalized spacial score (nSPS) is 14.5. The number of thiophene rings is 1. The van der Waals surface area contributed by atoms with Gasteiger partial charge < -0.3 is 20.9 Å². The maximum Gasteiger partial charge on any atom is 0.321 e. The number of anilines is 2. The fraction of sp³-hybridized carbons (Fsp3) is 0.294. The van der Waals surface area contributed by atoms with Crippen molar-refractivity contribution in [1.82, 2.24) is 4.90 Å². The summed E-state index contributed by atoms with van der Waals surface area (Å²) in [6, 6.07) is 9.13. The van der Waals surface area contributed by atoms with E-state index in [4.69, 9.17) is 5.73 Å². The van der Waals surface area contributed by atoms with Crippen molar-refractivity contribution in [2.45, 2.75) is 6.92 Å². The van der Waals surface area contributed by atoms with Gasteiger partial charge in [0.1, 0.15) is 0 Å². The lowest BCUT2D eigenvalue weighted by Gasteiger charge is -2.35. The van der Waals surface area contributed by atoms with E-state index in [9.17, 15) is 9.59 Å². The number of carbonyl (C=O) groups excluding carboxylic acids is 2. The molecule has 3 rings (SSSR count). The van der Waals surface area contributed by atoms with Crippen LogP contribution >= 0.6 is 11.3 Å². The van der Waals surface area contributed by atoms with Crippen LogP contribution in [0, 0.1) is 6.92 Å². The second kappa shape index (κ2) is 6.92. The van der Waals surface area contributed by atoms with Crippen LogP contribution in [-0.4, -0.2) is 43.0 Å². The number of primary amides is 1. The Morgan fingerprint density at radius 1 is 1.17 bits per heavy atom. The molecule has 2 aromatic rings. The first-order valence-electron chi connectivity index (χ1n) is 7.79. The van der Waals surface area contributed by atoms with Gasteiger partial charge in [0.15, 0.2) is 0 Å². The Hall–Kier alpha value is -2.54. The average molecular weight is 344 g/mol. The number of amides is 3. The number of benzene rings is 1. The van der Waals surface area contributed by atoms with Crippen molar-refractivity contribution < 1.29 is 9.59 Å². The standard InChI is InChI=1S/C17H20N4O2S/c1-12-11-13(4-5-14(12)16(18)22)19-17(23)21-8-6-20(7-9-21)15-3-2-10-24-15/h2-5,10-11H,6-9H2,1H3,(H2,18,22)(H,19,23). The third-order valence-electron chi connectivity index (χ3n) is 4.13. The quantitative estimate of drug-likeness (QED) is 0.898. The highest BCUT2D eigenvalue weighted by Crippen LogP contribution is 2.22. The van der Waals surface area contributed by atoms with Crippen LogP contribution in [0.2, 0.25) is 0 Å². The van der Waals surface area contributed by atoms with Crippen molar-refractivity contribution in [3.05, 3.63) is 46.8 Å². The van der Waals surface area contributed by atoms with E-state index in [0.717, 1.165) is 18.7 Å². The van der Waals surface area contributed by atoms with Gasteiger partial charge in [-0.25, -0.2) is 4.79 Å². The topological polar surface area (TPSA) is 78.7 Å². The van der Waals surface area contributed by atoms with E-state index in [-0.39, 0.29) is 6.03 Å². The van der Waals surface area contributed by atoms with Crippen LogP contribution in [0.3, 0.4) is 0 Å². The molecule has 3 N–H and O–H groups in total. The molecule has 24 heavy (non-hydrogen) atoms. The molecule has 2 heterocycles. The van der Waals surface area contributed by atoms with E-state index >= 15 is 0 Å². The van der Waals surface area contributed by atoms with Crippen LogP contribution < -0.4 is 16.0 Å². The van der Waals surface area contributed by atoms with Gasteiger partial charge >= 0.3 is 6.03 Å². The molecule has 0 aliphatic carbocycles. The Morgan fingerprint density at radius 2 is 1.92 bits per heavy atom. The molecule has 1 aromatic carbocycles. The first-order valence-corrected chi connectivity index (χ1v) is 8.67. The van der Waals surface area contributed by atoms with Crippen LogP contribution in [0.1, 0.15) is 15.9 Å². The largest absolute Gasteiger partial charge is 0.366 e. The van der Waals surface area contributed by atoms with Gasteiger partial charge in [-0.2, -0.15) is 0 Å². The molecule has 6 nitrogen and oxygen atoms in total. The summed E-state index contributed by atoms with van der Waals surface area (Å²) in [5, 5.41) is 6.19. The van der Waals surface area contributed by atoms with Crippen molar-refractivity contribution in [2.75, 3.05) is 36.4 Å². The van der Waals surface area contributed by atoms with Crippen molar-refractivity contribution >= 4 is 34.0 Å². The highest BCUT2D eigenvalue weighted by atomic mass is 32.1. The molecule has 0 atom stereocenters. The highest BCUT2D eigenvalue weighted by molar-refractivity contribution is 7.14. The Kier molecular flexibility index (Phi) is 4.71. The number of hydrogen-bond acceptors (Lipinski definition) is 4. The Morgan fingerprint density at radius 3 is 2.50 bits per heavy atom. The lowest BCUT2D eigenvalue weighted by atomic mass is 10.1. The Bertz CT molecular complexity index is 737. The maximum absolute atomic E-state index is 12.4. The number of rotatable bonds is 3. The van der Waals surface area contributed by atoms with Gasteiger partial charge in [-0.05, 0) is 48.2 Å². The van der Waals surface area contributed by atoms with Gasteiger partial charge in [-0.1, -0.05) is 0 Å². The van der Waals surface area contributed by atoms with Crippen LogP contribution in [0.4, 0.5) is 15.5 Å². The number of carbonyl (C=O) groups is 2. The number of nitrogens with two attached hydrogens (primary N) is 1. The summed E-state index contributed by atoms with van der Waals surface area (Å²) in [5.74, 6) is -0.463. The van der Waals surface area contributed by atoms with E-state index in [1.807, 2.05) is 6.07 Å². The SMILES string of the molecule is Cc1cc(NC(=O)N2CCN(c3cccs3)CC2)ccc1C(N)=O. The molecule has 0 bridgehead atoms. The number of piperazine rings is 1. The molecule has 3 amide bonds. The third kappa shape index (κ3) is 3.51. The van der Waals surface area contributed by atoms with Crippen molar-refractivity contribution in [1.29, 1.82) is 0 Å². The predicted octanol–water partition coefficient (Wildman–Crippen LogP) is 2.51. The summed E-state index contributed by atoms with van der Waals surface area (Å²) < 4.78 is 0. The maximum atomic E-state index is 12.4. The van der Waals surface area contributed by atoms with Gasteiger partial charge in [-0.15, -0.1) is 11.3 Å². The predicted molar refractivity (Wildman–Crippen MR) is 96.8 cm³/mol. The van der Waals surface area contributed by atoms with Gasteiger partial charge in [0.25, 0.3) is 0 Å². The van der Waals surface area contributed by atoms with E-state index in [1.54, 1.807) is 41.4 Å². The third-order valence-corrected chi connectivity index (χ3v) is 5.06. The lowest BCUT2D eigenvalue weighted by Crippen LogP contribution is -2.49. The summed E-state index contributed by atoms with van der Waals surface area (Å²) in [5.41, 5.74) is 7.19. The van der Waals surface area contributed by atoms with E-state index < -0.39 is 5.91 Å². The van der Waals surface area contributed by atoms with Crippen LogP contribution in [0.5, 0.6) is 0 Å². The minimum absolute atomic E-state index is 0.118. The van der Waals surface area contributed by atoms with Crippen molar-refractivity contribution in [2.24, 2.45) is 5.73 Å². The van der Waals surface area contributed by atoms with Gasteiger partial charge in [-0.3, -0.25) is 4.79 Å². The molecule has 0 radical (unpaired) electrons. The number of nitrogens with zero attached hydrogens (tertiary/aromatic N) is 2. The molecule has 1 aromatic heterocycles. The minimum atomic E-state index is -0.463. The van der Waals surface area contributed by atoms with Crippen LogP contribution in [-0.2, 0) is 0 Å². The number of nitrogens with one attached hydrogen (secondary N) is 1. The molecule has 0 unspecified atom stereocenters. The number of hydrogen-bond donors (Lipinski definition) is 2. The first kappa shape index (κ1) is 16.3. The monoisotopic (exact) mass is 344 g/mol. The summed E-state index contributed by atoms with van der Waals surface area (Å²) in [6.07, 6.45) is 0. The number of aryl methyl sites for hydroxylation is 1. The van der Waals surface area contributed by atoms with E-state index in [1.165, 1.54) is 5.00 Å².